The van der Waals surface area contributed by atoms with Crippen LogP contribution in [0.2, 0.25) is 0 Å². The van der Waals surface area contributed by atoms with Crippen LogP contribution in [0, 0.1) is 5.92 Å². The third kappa shape index (κ3) is 4.22. The fourth-order valence-corrected chi connectivity index (χ4v) is 2.28. The second-order valence-electron chi connectivity index (χ2n) is 6.20. The molecule has 1 aromatic carbocycles. The van der Waals surface area contributed by atoms with E-state index >= 15 is 0 Å². The minimum atomic E-state index is -4.56. The zero-order chi connectivity index (χ0) is 18.7. The van der Waals surface area contributed by atoms with Crippen molar-refractivity contribution < 1.29 is 17.9 Å². The molecule has 0 saturated carbocycles. The molecule has 1 N–H and O–H groups in total. The molecule has 0 aliphatic heterocycles. The Morgan fingerprint density at radius 2 is 2.04 bits per heavy atom. The summed E-state index contributed by atoms with van der Waals surface area (Å²) in [6.45, 7) is 5.00. The third-order valence-corrected chi connectivity index (χ3v) is 3.50. The van der Waals surface area contributed by atoms with Crippen molar-refractivity contribution >= 4 is 11.6 Å². The van der Waals surface area contributed by atoms with Crippen LogP contribution in [-0.2, 0) is 12.7 Å². The standard InChI is InChI=1S/C17H18F3N5O/c1-11(2)9-26-13-5-3-4-12(6-13)8-21-15-7-14(17(18,19)20)24-16-22-10-23-25(15)16/h3-7,10-11,21H,8-9H2,1-2H3. The molecule has 0 unspecified atom stereocenters. The monoisotopic (exact) mass is 365 g/mol. The lowest BCUT2D eigenvalue weighted by Crippen LogP contribution is -2.13. The van der Waals surface area contributed by atoms with Gasteiger partial charge in [0.2, 0.25) is 0 Å². The van der Waals surface area contributed by atoms with Gasteiger partial charge in [-0.1, -0.05) is 26.0 Å². The Labute approximate surface area is 148 Å². The number of ether oxygens (including phenoxy) is 1. The van der Waals surface area contributed by atoms with Crippen LogP contribution in [0.4, 0.5) is 19.0 Å². The Morgan fingerprint density at radius 3 is 2.77 bits per heavy atom. The van der Waals surface area contributed by atoms with E-state index in [0.717, 1.165) is 23.7 Å². The van der Waals surface area contributed by atoms with Gasteiger partial charge in [-0.2, -0.15) is 27.8 Å². The summed E-state index contributed by atoms with van der Waals surface area (Å²) in [5.74, 6) is 1.16. The maximum atomic E-state index is 13.0. The molecule has 6 nitrogen and oxygen atoms in total. The second-order valence-corrected chi connectivity index (χ2v) is 6.20. The predicted molar refractivity (Wildman–Crippen MR) is 89.9 cm³/mol. The molecule has 2 heterocycles. The van der Waals surface area contributed by atoms with E-state index < -0.39 is 11.9 Å². The molecular formula is C17H18F3N5O. The molecule has 0 amide bonds. The topological polar surface area (TPSA) is 64.3 Å². The van der Waals surface area contributed by atoms with E-state index in [1.165, 1.54) is 4.52 Å². The predicted octanol–water partition coefficient (Wildman–Crippen LogP) is 3.79. The molecule has 3 rings (SSSR count). The molecule has 0 aliphatic carbocycles. The lowest BCUT2D eigenvalue weighted by molar-refractivity contribution is -0.141. The smallest absolute Gasteiger partial charge is 0.433 e. The van der Waals surface area contributed by atoms with E-state index in [1.54, 1.807) is 0 Å². The highest BCUT2D eigenvalue weighted by Crippen LogP contribution is 2.29. The Morgan fingerprint density at radius 1 is 1.23 bits per heavy atom. The van der Waals surface area contributed by atoms with Crippen molar-refractivity contribution in [2.45, 2.75) is 26.6 Å². The van der Waals surface area contributed by atoms with Crippen LogP contribution in [0.15, 0.2) is 36.7 Å². The Hall–Kier alpha value is -2.84. The summed E-state index contributed by atoms with van der Waals surface area (Å²) in [6, 6.07) is 8.31. The van der Waals surface area contributed by atoms with E-state index in [9.17, 15) is 13.2 Å². The maximum Gasteiger partial charge on any atom is 0.433 e. The molecule has 2 aromatic heterocycles. The van der Waals surface area contributed by atoms with Crippen LogP contribution in [-0.4, -0.2) is 26.2 Å². The number of alkyl halides is 3. The number of fused-ring (bicyclic) bond motifs is 1. The second kappa shape index (κ2) is 7.19. The third-order valence-electron chi connectivity index (χ3n) is 3.50. The van der Waals surface area contributed by atoms with Crippen LogP contribution < -0.4 is 10.1 Å². The lowest BCUT2D eigenvalue weighted by atomic mass is 10.2. The van der Waals surface area contributed by atoms with Crippen LogP contribution in [0.25, 0.3) is 5.78 Å². The van der Waals surface area contributed by atoms with Crippen molar-refractivity contribution in [2.75, 3.05) is 11.9 Å². The lowest BCUT2D eigenvalue weighted by Gasteiger charge is -2.13. The summed E-state index contributed by atoms with van der Waals surface area (Å²) >= 11 is 0. The summed E-state index contributed by atoms with van der Waals surface area (Å²) < 4.78 is 45.9. The highest BCUT2D eigenvalue weighted by atomic mass is 19.4. The van der Waals surface area contributed by atoms with Crippen LogP contribution >= 0.6 is 0 Å². The zero-order valence-corrected chi connectivity index (χ0v) is 14.3. The van der Waals surface area contributed by atoms with E-state index in [4.69, 9.17) is 4.74 Å². The number of nitrogens with one attached hydrogen (secondary N) is 1. The van der Waals surface area contributed by atoms with Gasteiger partial charge in [0, 0.05) is 12.6 Å². The SMILES string of the molecule is CC(C)COc1cccc(CNc2cc(C(F)(F)F)nc3ncnn23)c1. The Kier molecular flexibility index (Phi) is 4.97. The molecule has 0 bridgehead atoms. The molecule has 0 saturated heterocycles. The van der Waals surface area contributed by atoms with E-state index in [2.05, 4.69) is 34.2 Å². The van der Waals surface area contributed by atoms with Crippen molar-refractivity contribution in [2.24, 2.45) is 5.92 Å². The molecule has 9 heteroatoms. The number of nitrogens with zero attached hydrogens (tertiary/aromatic N) is 4. The number of hydrogen-bond acceptors (Lipinski definition) is 5. The number of rotatable bonds is 6. The summed E-state index contributed by atoms with van der Waals surface area (Å²) in [5.41, 5.74) is -0.153. The number of hydrogen-bond donors (Lipinski definition) is 1. The van der Waals surface area contributed by atoms with Gasteiger partial charge in [-0.25, -0.2) is 4.98 Å². The molecule has 0 spiro atoms. The summed E-state index contributed by atoms with van der Waals surface area (Å²) in [7, 11) is 0. The highest BCUT2D eigenvalue weighted by molar-refractivity contribution is 5.46. The van der Waals surface area contributed by atoms with Crippen molar-refractivity contribution in [1.29, 1.82) is 0 Å². The maximum absolute atomic E-state index is 13.0. The number of benzene rings is 1. The molecule has 0 radical (unpaired) electrons. The average molecular weight is 365 g/mol. The van der Waals surface area contributed by atoms with Gasteiger partial charge in [0.25, 0.3) is 5.78 Å². The average Bonchev–Trinajstić information content (AvgIpc) is 3.06. The van der Waals surface area contributed by atoms with Crippen molar-refractivity contribution in [3.63, 3.8) is 0 Å². The fraction of sp³-hybridized carbons (Fsp3) is 0.353. The van der Waals surface area contributed by atoms with E-state index in [0.29, 0.717) is 19.1 Å². The first-order valence-corrected chi connectivity index (χ1v) is 8.06. The largest absolute Gasteiger partial charge is 0.493 e. The molecule has 0 fully saturated rings. The minimum absolute atomic E-state index is 0.114. The summed E-state index contributed by atoms with van der Waals surface area (Å²) in [4.78, 5) is 7.23. The van der Waals surface area contributed by atoms with Crippen molar-refractivity contribution in [3.8, 4) is 5.75 Å². The molecule has 3 aromatic rings. The van der Waals surface area contributed by atoms with E-state index in [-0.39, 0.29) is 11.6 Å². The van der Waals surface area contributed by atoms with Crippen molar-refractivity contribution in [3.05, 3.63) is 47.9 Å². The van der Waals surface area contributed by atoms with Crippen LogP contribution in [0.1, 0.15) is 25.1 Å². The quantitative estimate of drug-likeness (QED) is 0.720. The first kappa shape index (κ1) is 18.0. The normalized spacial score (nSPS) is 11.9. The van der Waals surface area contributed by atoms with Gasteiger partial charge in [-0.05, 0) is 23.6 Å². The van der Waals surface area contributed by atoms with Crippen LogP contribution in [0.3, 0.4) is 0 Å². The van der Waals surface area contributed by atoms with Gasteiger partial charge in [0.05, 0.1) is 6.61 Å². The molecule has 0 aliphatic rings. The minimum Gasteiger partial charge on any atom is -0.493 e. The van der Waals surface area contributed by atoms with Crippen LogP contribution in [0.5, 0.6) is 5.75 Å². The van der Waals surface area contributed by atoms with Gasteiger partial charge < -0.3 is 10.1 Å². The Balaban J connectivity index is 1.79. The molecule has 0 atom stereocenters. The number of anilines is 1. The first-order valence-electron chi connectivity index (χ1n) is 8.06. The van der Waals surface area contributed by atoms with Gasteiger partial charge in [-0.15, -0.1) is 0 Å². The van der Waals surface area contributed by atoms with Gasteiger partial charge in [0.15, 0.2) is 5.69 Å². The Bertz CT molecular complexity index is 891. The van der Waals surface area contributed by atoms with Gasteiger partial charge in [0.1, 0.15) is 17.9 Å². The van der Waals surface area contributed by atoms with Crippen molar-refractivity contribution in [1.82, 2.24) is 19.6 Å². The first-order chi connectivity index (χ1) is 12.3. The highest BCUT2D eigenvalue weighted by Gasteiger charge is 2.34. The van der Waals surface area contributed by atoms with Gasteiger partial charge in [-0.3, -0.25) is 0 Å². The number of halogens is 3. The molecule has 138 valence electrons. The van der Waals surface area contributed by atoms with Gasteiger partial charge >= 0.3 is 6.18 Å². The molecule has 26 heavy (non-hydrogen) atoms. The molecular weight excluding hydrogens is 347 g/mol. The zero-order valence-electron chi connectivity index (χ0n) is 14.3. The number of aromatic nitrogens is 4. The summed E-state index contributed by atoms with van der Waals surface area (Å²) in [6.07, 6.45) is -3.40. The van der Waals surface area contributed by atoms with E-state index in [1.807, 2.05) is 24.3 Å². The summed E-state index contributed by atoms with van der Waals surface area (Å²) in [5, 5.41) is 6.87. The fourth-order valence-electron chi connectivity index (χ4n) is 2.28.